The maximum atomic E-state index is 11.0. The number of hydrogen-bond acceptors (Lipinski definition) is 7. The van der Waals surface area contributed by atoms with Crippen LogP contribution in [0.25, 0.3) is 11.4 Å². The van der Waals surface area contributed by atoms with Crippen LogP contribution >= 0.6 is 0 Å². The van der Waals surface area contributed by atoms with Gasteiger partial charge in [-0.25, -0.2) is 4.79 Å². The number of aromatic amines is 1. The van der Waals surface area contributed by atoms with Gasteiger partial charge in [0.1, 0.15) is 11.4 Å². The summed E-state index contributed by atoms with van der Waals surface area (Å²) in [7, 11) is 0. The molecule has 168 valence electrons. The molecule has 0 radical (unpaired) electrons. The third-order valence-corrected chi connectivity index (χ3v) is 5.24. The van der Waals surface area contributed by atoms with Crippen LogP contribution in [0.4, 0.5) is 5.69 Å². The Kier molecular flexibility index (Phi) is 7.16. The number of pyridine rings is 1. The molecule has 1 aliphatic heterocycles. The number of aromatic nitrogens is 3. The van der Waals surface area contributed by atoms with Crippen molar-refractivity contribution in [1.82, 2.24) is 15.2 Å². The Bertz CT molecular complexity index is 1050. The van der Waals surface area contributed by atoms with Crippen LogP contribution < -0.4 is 4.90 Å². The van der Waals surface area contributed by atoms with E-state index in [2.05, 4.69) is 20.1 Å². The summed E-state index contributed by atoms with van der Waals surface area (Å²) in [4.78, 5) is 39.0. The maximum Gasteiger partial charge on any atom is 0.331 e. The lowest BCUT2D eigenvalue weighted by atomic mass is 9.80. The van der Waals surface area contributed by atoms with Crippen LogP contribution in [0.5, 0.6) is 0 Å². The molecular weight excluding hydrogens is 416 g/mol. The van der Waals surface area contributed by atoms with E-state index >= 15 is 0 Å². The monoisotopic (exact) mass is 440 g/mol. The van der Waals surface area contributed by atoms with Crippen LogP contribution in [-0.2, 0) is 14.3 Å². The van der Waals surface area contributed by atoms with Crippen LogP contribution in [0.15, 0.2) is 48.3 Å². The van der Waals surface area contributed by atoms with Gasteiger partial charge in [0.2, 0.25) is 0 Å². The summed E-state index contributed by atoms with van der Waals surface area (Å²) in [5, 5.41) is 24.3. The Morgan fingerprint density at radius 1 is 1.25 bits per heavy atom. The lowest BCUT2D eigenvalue weighted by molar-refractivity contribution is -0.145. The van der Waals surface area contributed by atoms with Crippen molar-refractivity contribution in [3.8, 4) is 11.4 Å². The zero-order valence-corrected chi connectivity index (χ0v) is 17.5. The van der Waals surface area contributed by atoms with Gasteiger partial charge in [0.15, 0.2) is 6.29 Å². The average molecular weight is 440 g/mol. The summed E-state index contributed by atoms with van der Waals surface area (Å²) in [6.07, 6.45) is 8.52. The predicted octanol–water partition coefficient (Wildman–Crippen LogP) is 2.17. The number of aldehydes is 1. The molecule has 1 saturated heterocycles. The van der Waals surface area contributed by atoms with E-state index in [1.165, 1.54) is 25.2 Å². The number of allylic oxidation sites excluding steroid dienone is 2. The van der Waals surface area contributed by atoms with Crippen molar-refractivity contribution >= 4 is 23.9 Å². The maximum absolute atomic E-state index is 11.0. The van der Waals surface area contributed by atoms with Gasteiger partial charge in [0, 0.05) is 31.1 Å². The number of nitrogens with zero attached hydrogens (tertiary/aromatic N) is 3. The third kappa shape index (κ3) is 5.09. The van der Waals surface area contributed by atoms with Gasteiger partial charge in [-0.2, -0.15) is 5.10 Å². The molecule has 3 N–H and O–H groups in total. The first-order valence-corrected chi connectivity index (χ1v) is 9.98. The lowest BCUT2D eigenvalue weighted by Crippen LogP contribution is -2.36. The molecule has 0 bridgehead atoms. The lowest BCUT2D eigenvalue weighted by Gasteiger charge is -2.29. The van der Waals surface area contributed by atoms with Crippen molar-refractivity contribution in [2.75, 3.05) is 31.2 Å². The van der Waals surface area contributed by atoms with Crippen molar-refractivity contribution in [3.05, 3.63) is 53.9 Å². The zero-order valence-electron chi connectivity index (χ0n) is 17.5. The van der Waals surface area contributed by atoms with Crippen molar-refractivity contribution in [2.24, 2.45) is 5.41 Å². The number of ether oxygens (including phenoxy) is 1. The molecule has 0 amide bonds. The standard InChI is InChI=1S/C13H14N4O2.C9H10O4/c18-9-10-8-15-16-12(10)13-11(2-1-3-14-13)17-4-6-19-7-5-17;1-9(8(12)13)4-2-3-6(5-9)7(10)11/h1-3,8-9H,4-7H2,(H,15,16);2-4H,5H2,1H3,(H,10,11)(H,12,13). The summed E-state index contributed by atoms with van der Waals surface area (Å²) in [6, 6.07) is 3.89. The molecular formula is C22H24N4O6. The number of carbonyl (C=O) groups is 3. The number of carboxylic acids is 2. The quantitative estimate of drug-likeness (QED) is 0.595. The average Bonchev–Trinajstić information content (AvgIpc) is 3.29. The highest BCUT2D eigenvalue weighted by Crippen LogP contribution is 2.31. The van der Waals surface area contributed by atoms with Gasteiger partial charge in [-0.3, -0.25) is 19.7 Å². The summed E-state index contributed by atoms with van der Waals surface area (Å²) >= 11 is 0. The van der Waals surface area contributed by atoms with E-state index in [-0.39, 0.29) is 12.0 Å². The smallest absolute Gasteiger partial charge is 0.331 e. The molecule has 0 spiro atoms. The number of rotatable bonds is 5. The molecule has 4 rings (SSSR count). The van der Waals surface area contributed by atoms with Gasteiger partial charge in [-0.05, 0) is 25.5 Å². The highest BCUT2D eigenvalue weighted by atomic mass is 16.5. The molecule has 0 saturated carbocycles. The van der Waals surface area contributed by atoms with Crippen LogP contribution in [0.1, 0.15) is 23.7 Å². The Hall–Kier alpha value is -3.79. The molecule has 1 atom stereocenters. The Labute approximate surface area is 184 Å². The highest BCUT2D eigenvalue weighted by molar-refractivity contribution is 5.90. The first-order chi connectivity index (χ1) is 15.4. The van der Waals surface area contributed by atoms with Gasteiger partial charge in [-0.15, -0.1) is 0 Å². The molecule has 2 aromatic heterocycles. The Balaban J connectivity index is 0.000000195. The largest absolute Gasteiger partial charge is 0.481 e. The number of carbonyl (C=O) groups excluding carboxylic acids is 1. The van der Waals surface area contributed by atoms with Crippen molar-refractivity contribution in [3.63, 3.8) is 0 Å². The van der Waals surface area contributed by atoms with E-state index in [0.717, 1.165) is 30.8 Å². The summed E-state index contributed by atoms with van der Waals surface area (Å²) in [5.41, 5.74) is 1.88. The summed E-state index contributed by atoms with van der Waals surface area (Å²) < 4.78 is 5.36. The van der Waals surface area contributed by atoms with Crippen LogP contribution in [0.2, 0.25) is 0 Å². The van der Waals surface area contributed by atoms with Crippen LogP contribution in [-0.4, -0.2) is 69.9 Å². The fourth-order valence-corrected chi connectivity index (χ4v) is 3.40. The first-order valence-electron chi connectivity index (χ1n) is 9.98. The number of hydrogen-bond donors (Lipinski definition) is 3. The fourth-order valence-electron chi connectivity index (χ4n) is 3.40. The number of morpholine rings is 1. The number of nitrogens with one attached hydrogen (secondary N) is 1. The molecule has 1 fully saturated rings. The highest BCUT2D eigenvalue weighted by Gasteiger charge is 2.34. The molecule has 3 heterocycles. The molecule has 2 aromatic rings. The summed E-state index contributed by atoms with van der Waals surface area (Å²) in [6.45, 7) is 4.55. The van der Waals surface area contributed by atoms with Gasteiger partial charge < -0.3 is 19.8 Å². The summed E-state index contributed by atoms with van der Waals surface area (Å²) in [5.74, 6) is -2.06. The van der Waals surface area contributed by atoms with Crippen molar-refractivity contribution in [1.29, 1.82) is 0 Å². The minimum absolute atomic E-state index is 0.0359. The predicted molar refractivity (Wildman–Crippen MR) is 115 cm³/mol. The first kappa shape index (κ1) is 22.9. The van der Waals surface area contributed by atoms with Gasteiger partial charge >= 0.3 is 11.9 Å². The molecule has 1 unspecified atom stereocenters. The topological polar surface area (TPSA) is 146 Å². The van der Waals surface area contributed by atoms with E-state index in [0.29, 0.717) is 24.5 Å². The van der Waals surface area contributed by atoms with Crippen LogP contribution in [0, 0.1) is 5.41 Å². The fraction of sp³-hybridized carbons (Fsp3) is 0.318. The van der Waals surface area contributed by atoms with Crippen molar-refractivity contribution in [2.45, 2.75) is 13.3 Å². The third-order valence-electron chi connectivity index (χ3n) is 5.24. The molecule has 32 heavy (non-hydrogen) atoms. The molecule has 0 aromatic carbocycles. The van der Waals surface area contributed by atoms with Gasteiger partial charge in [-0.1, -0.05) is 18.2 Å². The van der Waals surface area contributed by atoms with E-state index in [1.807, 2.05) is 12.1 Å². The number of carboxylic acid groups (broad SMARTS) is 2. The molecule has 10 heteroatoms. The SMILES string of the molecule is CC1(C(=O)O)C=CC=C(C(=O)O)C1.O=Cc1c[nH]nc1-c1ncccc1N1CCOCC1. The minimum atomic E-state index is -1.08. The second-order valence-electron chi connectivity index (χ2n) is 7.53. The Morgan fingerprint density at radius 3 is 2.66 bits per heavy atom. The van der Waals surface area contributed by atoms with Crippen LogP contribution in [0.3, 0.4) is 0 Å². The number of aliphatic carboxylic acids is 2. The molecule has 10 nitrogen and oxygen atoms in total. The van der Waals surface area contributed by atoms with E-state index < -0.39 is 17.4 Å². The zero-order chi connectivity index (χ0) is 23.1. The van der Waals surface area contributed by atoms with Crippen molar-refractivity contribution < 1.29 is 29.3 Å². The number of H-pyrrole nitrogens is 1. The normalized spacial score (nSPS) is 20.0. The second-order valence-corrected chi connectivity index (χ2v) is 7.53. The second kappa shape index (κ2) is 10.0. The number of anilines is 1. The van der Waals surface area contributed by atoms with E-state index in [1.54, 1.807) is 12.4 Å². The van der Waals surface area contributed by atoms with E-state index in [9.17, 15) is 14.4 Å². The molecule has 1 aliphatic carbocycles. The van der Waals surface area contributed by atoms with Gasteiger partial charge in [0.05, 0.1) is 29.9 Å². The Morgan fingerprint density at radius 2 is 2.00 bits per heavy atom. The van der Waals surface area contributed by atoms with Gasteiger partial charge in [0.25, 0.3) is 0 Å². The molecule has 2 aliphatic rings. The minimum Gasteiger partial charge on any atom is -0.481 e. The van der Waals surface area contributed by atoms with E-state index in [4.69, 9.17) is 14.9 Å².